The number of nitrogens with two attached hydrogens (primary N) is 1. The van der Waals surface area contributed by atoms with Crippen molar-refractivity contribution in [2.45, 2.75) is 64.0 Å². The summed E-state index contributed by atoms with van der Waals surface area (Å²) in [6.07, 6.45) is 6.26. The lowest BCUT2D eigenvalue weighted by Gasteiger charge is -2.21. The standard InChI is InChI=1S/C13H23N3O2/c1-3-7-13(2,14)12-15-11(16-18-12)9-10-6-4-5-8-17-10/h10H,3-9,14H2,1-2H3. The third kappa shape index (κ3) is 3.29. The van der Waals surface area contributed by atoms with Gasteiger partial charge in [-0.05, 0) is 32.6 Å². The fourth-order valence-corrected chi connectivity index (χ4v) is 2.37. The lowest BCUT2D eigenvalue weighted by molar-refractivity contribution is 0.0153. The molecule has 0 amide bonds. The van der Waals surface area contributed by atoms with Gasteiger partial charge in [-0.2, -0.15) is 4.98 Å². The van der Waals surface area contributed by atoms with Crippen molar-refractivity contribution >= 4 is 0 Å². The molecule has 0 saturated carbocycles. The van der Waals surface area contributed by atoms with Gasteiger partial charge in [0.05, 0.1) is 11.6 Å². The van der Waals surface area contributed by atoms with Crippen LogP contribution in [-0.4, -0.2) is 22.9 Å². The molecule has 1 aromatic heterocycles. The van der Waals surface area contributed by atoms with Gasteiger partial charge in [-0.3, -0.25) is 0 Å². The Balaban J connectivity index is 1.96. The molecule has 1 aliphatic rings. The van der Waals surface area contributed by atoms with Gasteiger partial charge < -0.3 is 15.0 Å². The molecule has 0 aliphatic carbocycles. The van der Waals surface area contributed by atoms with Crippen LogP contribution in [0.25, 0.3) is 0 Å². The second-order valence-electron chi connectivity index (χ2n) is 5.38. The zero-order valence-corrected chi connectivity index (χ0v) is 11.3. The second kappa shape index (κ2) is 5.80. The van der Waals surface area contributed by atoms with Crippen LogP contribution < -0.4 is 5.73 Å². The van der Waals surface area contributed by atoms with Crippen molar-refractivity contribution in [2.75, 3.05) is 6.61 Å². The van der Waals surface area contributed by atoms with Crippen LogP contribution in [-0.2, 0) is 16.7 Å². The number of aromatic nitrogens is 2. The van der Waals surface area contributed by atoms with E-state index in [-0.39, 0.29) is 6.10 Å². The summed E-state index contributed by atoms with van der Waals surface area (Å²) in [4.78, 5) is 4.41. The minimum absolute atomic E-state index is 0.236. The van der Waals surface area contributed by atoms with Gasteiger partial charge in [-0.15, -0.1) is 0 Å². The largest absolute Gasteiger partial charge is 0.378 e. The Morgan fingerprint density at radius 1 is 1.44 bits per heavy atom. The van der Waals surface area contributed by atoms with E-state index in [9.17, 15) is 0 Å². The van der Waals surface area contributed by atoms with Gasteiger partial charge in [0.25, 0.3) is 0 Å². The molecule has 1 aromatic rings. The van der Waals surface area contributed by atoms with E-state index in [2.05, 4.69) is 17.1 Å². The van der Waals surface area contributed by atoms with Gasteiger partial charge in [0.2, 0.25) is 5.89 Å². The van der Waals surface area contributed by atoms with E-state index >= 15 is 0 Å². The topological polar surface area (TPSA) is 74.2 Å². The van der Waals surface area contributed by atoms with Crippen LogP contribution in [0, 0.1) is 0 Å². The van der Waals surface area contributed by atoms with Crippen LogP contribution in [0.1, 0.15) is 57.7 Å². The van der Waals surface area contributed by atoms with Crippen molar-refractivity contribution in [3.63, 3.8) is 0 Å². The van der Waals surface area contributed by atoms with Crippen LogP contribution >= 0.6 is 0 Å². The molecule has 2 heterocycles. The van der Waals surface area contributed by atoms with Crippen molar-refractivity contribution in [3.05, 3.63) is 11.7 Å². The number of ether oxygens (including phenoxy) is 1. The predicted octanol–water partition coefficient (Wildman–Crippen LogP) is 2.16. The highest BCUT2D eigenvalue weighted by molar-refractivity contribution is 5.00. The lowest BCUT2D eigenvalue weighted by Crippen LogP contribution is -2.33. The lowest BCUT2D eigenvalue weighted by atomic mass is 9.98. The predicted molar refractivity (Wildman–Crippen MR) is 68.0 cm³/mol. The molecule has 0 radical (unpaired) electrons. The Morgan fingerprint density at radius 3 is 2.94 bits per heavy atom. The van der Waals surface area contributed by atoms with E-state index in [0.29, 0.717) is 11.7 Å². The number of rotatable bonds is 5. The monoisotopic (exact) mass is 253 g/mol. The summed E-state index contributed by atoms with van der Waals surface area (Å²) >= 11 is 0. The van der Waals surface area contributed by atoms with Crippen molar-refractivity contribution in [1.82, 2.24) is 10.1 Å². The fraction of sp³-hybridized carbons (Fsp3) is 0.846. The highest BCUT2D eigenvalue weighted by Gasteiger charge is 2.28. The van der Waals surface area contributed by atoms with E-state index in [1.165, 1.54) is 6.42 Å². The van der Waals surface area contributed by atoms with Gasteiger partial charge in [0, 0.05) is 13.0 Å². The van der Waals surface area contributed by atoms with Crippen molar-refractivity contribution < 1.29 is 9.26 Å². The Kier molecular flexibility index (Phi) is 4.35. The molecule has 1 fully saturated rings. The maximum absolute atomic E-state index is 6.17. The SMILES string of the molecule is CCCC(C)(N)c1nc(CC2CCCCO2)no1. The molecule has 1 aliphatic heterocycles. The number of hydrogen-bond donors (Lipinski definition) is 1. The molecule has 0 aromatic carbocycles. The number of hydrogen-bond acceptors (Lipinski definition) is 5. The smallest absolute Gasteiger partial charge is 0.246 e. The summed E-state index contributed by atoms with van der Waals surface area (Å²) in [6.45, 7) is 4.88. The Morgan fingerprint density at radius 2 is 2.28 bits per heavy atom. The van der Waals surface area contributed by atoms with Gasteiger partial charge in [-0.1, -0.05) is 18.5 Å². The molecule has 18 heavy (non-hydrogen) atoms. The Labute approximate surface area is 108 Å². The molecule has 2 atom stereocenters. The third-order valence-electron chi connectivity index (χ3n) is 3.41. The van der Waals surface area contributed by atoms with E-state index in [1.807, 2.05) is 6.92 Å². The minimum Gasteiger partial charge on any atom is -0.378 e. The van der Waals surface area contributed by atoms with Gasteiger partial charge in [0.15, 0.2) is 5.82 Å². The minimum atomic E-state index is -0.520. The first kappa shape index (κ1) is 13.5. The molecule has 1 saturated heterocycles. The van der Waals surface area contributed by atoms with E-state index in [0.717, 1.165) is 38.7 Å². The van der Waals surface area contributed by atoms with E-state index < -0.39 is 5.54 Å². The Hall–Kier alpha value is -0.940. The summed E-state index contributed by atoms with van der Waals surface area (Å²) < 4.78 is 11.0. The average molecular weight is 253 g/mol. The molecule has 102 valence electrons. The summed E-state index contributed by atoms with van der Waals surface area (Å²) in [7, 11) is 0. The third-order valence-corrected chi connectivity index (χ3v) is 3.41. The normalized spacial score (nSPS) is 23.8. The number of nitrogens with zero attached hydrogens (tertiary/aromatic N) is 2. The second-order valence-corrected chi connectivity index (χ2v) is 5.38. The van der Waals surface area contributed by atoms with Gasteiger partial charge in [0.1, 0.15) is 0 Å². The molecule has 2 N–H and O–H groups in total. The maximum atomic E-state index is 6.17. The quantitative estimate of drug-likeness (QED) is 0.870. The van der Waals surface area contributed by atoms with Gasteiger partial charge in [-0.25, -0.2) is 0 Å². The van der Waals surface area contributed by atoms with E-state index in [4.69, 9.17) is 15.0 Å². The first-order valence-corrected chi connectivity index (χ1v) is 6.85. The molecule has 5 heteroatoms. The Bertz CT molecular complexity index is 370. The molecular formula is C13H23N3O2. The molecular weight excluding hydrogens is 230 g/mol. The molecule has 0 bridgehead atoms. The highest BCUT2D eigenvalue weighted by atomic mass is 16.5. The van der Waals surface area contributed by atoms with Crippen molar-refractivity contribution in [3.8, 4) is 0 Å². The summed E-state index contributed by atoms with van der Waals surface area (Å²) in [5.74, 6) is 1.25. The van der Waals surface area contributed by atoms with Crippen molar-refractivity contribution in [2.24, 2.45) is 5.73 Å². The zero-order chi connectivity index (χ0) is 13.0. The van der Waals surface area contributed by atoms with E-state index in [1.54, 1.807) is 0 Å². The fourth-order valence-electron chi connectivity index (χ4n) is 2.37. The molecule has 5 nitrogen and oxygen atoms in total. The summed E-state index contributed by atoms with van der Waals surface area (Å²) in [6, 6.07) is 0. The van der Waals surface area contributed by atoms with Crippen LogP contribution in [0.5, 0.6) is 0 Å². The molecule has 2 unspecified atom stereocenters. The molecule has 0 spiro atoms. The van der Waals surface area contributed by atoms with Crippen LogP contribution in [0.2, 0.25) is 0 Å². The summed E-state index contributed by atoms with van der Waals surface area (Å²) in [5, 5.41) is 4.01. The zero-order valence-electron chi connectivity index (χ0n) is 11.3. The van der Waals surface area contributed by atoms with Crippen LogP contribution in [0.15, 0.2) is 4.52 Å². The van der Waals surface area contributed by atoms with Crippen LogP contribution in [0.4, 0.5) is 0 Å². The molecule has 2 rings (SSSR count). The highest BCUT2D eigenvalue weighted by Crippen LogP contribution is 2.22. The summed E-state index contributed by atoms with van der Waals surface area (Å²) in [5.41, 5.74) is 5.65. The maximum Gasteiger partial charge on any atom is 0.246 e. The first-order valence-electron chi connectivity index (χ1n) is 6.85. The van der Waals surface area contributed by atoms with Crippen LogP contribution in [0.3, 0.4) is 0 Å². The van der Waals surface area contributed by atoms with Crippen molar-refractivity contribution in [1.29, 1.82) is 0 Å². The average Bonchev–Trinajstić information content (AvgIpc) is 2.79. The first-order chi connectivity index (χ1) is 8.62. The van der Waals surface area contributed by atoms with Gasteiger partial charge >= 0.3 is 0 Å².